The standard InChI is InChI=1S/C15H22N2O2/c1-11-9-17(10-12(2)19-11)15(18)14(16)8-13-6-4-3-5-7-13/h3-7,11-12,14H,8-10,16H2,1-2H3/t11?,12?,14-/m1/s1. The molecular weight excluding hydrogens is 240 g/mol. The van der Waals surface area contributed by atoms with Crippen LogP contribution in [0.15, 0.2) is 30.3 Å². The van der Waals surface area contributed by atoms with Crippen molar-refractivity contribution in [1.82, 2.24) is 4.90 Å². The second kappa shape index (κ2) is 6.17. The third-order valence-corrected chi connectivity index (χ3v) is 3.35. The topological polar surface area (TPSA) is 55.6 Å². The molecule has 3 atom stereocenters. The molecular formula is C15H22N2O2. The molecule has 1 heterocycles. The van der Waals surface area contributed by atoms with Gasteiger partial charge in [-0.05, 0) is 25.8 Å². The molecule has 19 heavy (non-hydrogen) atoms. The Kier molecular flexibility index (Phi) is 4.56. The van der Waals surface area contributed by atoms with Crippen LogP contribution in [0.25, 0.3) is 0 Å². The summed E-state index contributed by atoms with van der Waals surface area (Å²) in [6, 6.07) is 9.41. The molecule has 1 aromatic carbocycles. The predicted octanol–water partition coefficient (Wildman–Crippen LogP) is 1.19. The summed E-state index contributed by atoms with van der Waals surface area (Å²) in [5.41, 5.74) is 7.13. The molecule has 2 N–H and O–H groups in total. The molecule has 1 aliphatic rings. The normalized spacial score (nSPS) is 25.1. The van der Waals surface area contributed by atoms with E-state index in [1.165, 1.54) is 0 Å². The van der Waals surface area contributed by atoms with Crippen molar-refractivity contribution in [2.75, 3.05) is 13.1 Å². The molecule has 0 spiro atoms. The summed E-state index contributed by atoms with van der Waals surface area (Å²) in [7, 11) is 0. The molecule has 1 aromatic rings. The smallest absolute Gasteiger partial charge is 0.240 e. The molecule has 4 heteroatoms. The van der Waals surface area contributed by atoms with Crippen LogP contribution in [0, 0.1) is 0 Å². The van der Waals surface area contributed by atoms with Gasteiger partial charge in [0.1, 0.15) is 0 Å². The number of carbonyl (C=O) groups is 1. The average Bonchev–Trinajstić information content (AvgIpc) is 2.37. The van der Waals surface area contributed by atoms with E-state index < -0.39 is 6.04 Å². The van der Waals surface area contributed by atoms with Gasteiger partial charge in [-0.1, -0.05) is 30.3 Å². The summed E-state index contributed by atoms with van der Waals surface area (Å²) in [6.07, 6.45) is 0.744. The summed E-state index contributed by atoms with van der Waals surface area (Å²) >= 11 is 0. The quantitative estimate of drug-likeness (QED) is 0.890. The molecule has 1 fully saturated rings. The highest BCUT2D eigenvalue weighted by molar-refractivity contribution is 5.82. The fourth-order valence-corrected chi connectivity index (χ4v) is 2.55. The van der Waals surface area contributed by atoms with Crippen LogP contribution in [0.1, 0.15) is 19.4 Å². The Morgan fingerprint density at radius 2 is 1.89 bits per heavy atom. The van der Waals surface area contributed by atoms with Crippen LogP contribution in [-0.4, -0.2) is 42.1 Å². The van der Waals surface area contributed by atoms with E-state index in [0.717, 1.165) is 5.56 Å². The van der Waals surface area contributed by atoms with Gasteiger partial charge in [0, 0.05) is 13.1 Å². The van der Waals surface area contributed by atoms with Crippen LogP contribution < -0.4 is 5.73 Å². The van der Waals surface area contributed by atoms with Gasteiger partial charge in [-0.2, -0.15) is 0 Å². The van der Waals surface area contributed by atoms with E-state index >= 15 is 0 Å². The molecule has 2 unspecified atom stereocenters. The number of morpholine rings is 1. The Morgan fingerprint density at radius 3 is 2.47 bits per heavy atom. The number of carbonyl (C=O) groups excluding carboxylic acids is 1. The second-order valence-corrected chi connectivity index (χ2v) is 5.30. The molecule has 0 saturated carbocycles. The van der Waals surface area contributed by atoms with E-state index in [0.29, 0.717) is 19.5 Å². The highest BCUT2D eigenvalue weighted by atomic mass is 16.5. The lowest BCUT2D eigenvalue weighted by Gasteiger charge is -2.36. The van der Waals surface area contributed by atoms with Gasteiger partial charge in [0.05, 0.1) is 18.2 Å². The van der Waals surface area contributed by atoms with Crippen molar-refractivity contribution < 1.29 is 9.53 Å². The van der Waals surface area contributed by atoms with Crippen LogP contribution in [0.5, 0.6) is 0 Å². The van der Waals surface area contributed by atoms with Crippen molar-refractivity contribution in [1.29, 1.82) is 0 Å². The van der Waals surface area contributed by atoms with Crippen molar-refractivity contribution in [2.24, 2.45) is 5.73 Å². The van der Waals surface area contributed by atoms with Crippen LogP contribution >= 0.6 is 0 Å². The van der Waals surface area contributed by atoms with E-state index in [-0.39, 0.29) is 18.1 Å². The Bertz CT molecular complexity index is 411. The number of ether oxygens (including phenoxy) is 1. The van der Waals surface area contributed by atoms with Gasteiger partial charge in [0.2, 0.25) is 5.91 Å². The largest absolute Gasteiger partial charge is 0.372 e. The van der Waals surface area contributed by atoms with Crippen LogP contribution in [0.4, 0.5) is 0 Å². The molecule has 1 saturated heterocycles. The SMILES string of the molecule is CC1CN(C(=O)[C@H](N)Cc2ccccc2)CC(C)O1. The number of benzene rings is 1. The summed E-state index contributed by atoms with van der Waals surface area (Å²) in [5.74, 6) is 0.0193. The maximum Gasteiger partial charge on any atom is 0.240 e. The van der Waals surface area contributed by atoms with E-state index in [4.69, 9.17) is 10.5 Å². The zero-order chi connectivity index (χ0) is 13.8. The Morgan fingerprint density at radius 1 is 1.32 bits per heavy atom. The lowest BCUT2D eigenvalue weighted by atomic mass is 10.0. The van der Waals surface area contributed by atoms with Gasteiger partial charge in [-0.25, -0.2) is 0 Å². The number of rotatable bonds is 3. The molecule has 1 aliphatic heterocycles. The minimum absolute atomic E-state index is 0.0193. The van der Waals surface area contributed by atoms with E-state index in [9.17, 15) is 4.79 Å². The Hall–Kier alpha value is -1.39. The van der Waals surface area contributed by atoms with Crippen LogP contribution in [0.3, 0.4) is 0 Å². The predicted molar refractivity (Wildman–Crippen MR) is 74.7 cm³/mol. The Balaban J connectivity index is 1.95. The monoisotopic (exact) mass is 262 g/mol. The molecule has 0 radical (unpaired) electrons. The van der Waals surface area contributed by atoms with Crippen molar-refractivity contribution in [2.45, 2.75) is 38.5 Å². The van der Waals surface area contributed by atoms with Gasteiger partial charge in [0.25, 0.3) is 0 Å². The van der Waals surface area contributed by atoms with Crippen LogP contribution in [0.2, 0.25) is 0 Å². The molecule has 104 valence electrons. The zero-order valence-corrected chi connectivity index (χ0v) is 11.6. The van der Waals surface area contributed by atoms with Crippen molar-refractivity contribution in [3.63, 3.8) is 0 Å². The number of hydrogen-bond donors (Lipinski definition) is 1. The first kappa shape index (κ1) is 14.0. The fraction of sp³-hybridized carbons (Fsp3) is 0.533. The molecule has 1 amide bonds. The van der Waals surface area contributed by atoms with Gasteiger partial charge >= 0.3 is 0 Å². The fourth-order valence-electron chi connectivity index (χ4n) is 2.55. The summed E-state index contributed by atoms with van der Waals surface area (Å²) in [6.45, 7) is 5.23. The van der Waals surface area contributed by atoms with E-state index in [1.807, 2.05) is 49.1 Å². The lowest BCUT2D eigenvalue weighted by Crippen LogP contribution is -2.53. The van der Waals surface area contributed by atoms with E-state index in [1.54, 1.807) is 0 Å². The number of hydrogen-bond acceptors (Lipinski definition) is 3. The van der Waals surface area contributed by atoms with Gasteiger partial charge in [0.15, 0.2) is 0 Å². The highest BCUT2D eigenvalue weighted by Crippen LogP contribution is 2.12. The van der Waals surface area contributed by atoms with Gasteiger partial charge in [-0.3, -0.25) is 4.79 Å². The number of amides is 1. The zero-order valence-electron chi connectivity index (χ0n) is 11.6. The number of nitrogens with two attached hydrogens (primary N) is 1. The Labute approximate surface area is 114 Å². The maximum atomic E-state index is 12.3. The van der Waals surface area contributed by atoms with Crippen LogP contribution in [-0.2, 0) is 16.0 Å². The summed E-state index contributed by atoms with van der Waals surface area (Å²) < 4.78 is 5.63. The second-order valence-electron chi connectivity index (χ2n) is 5.30. The first-order valence-electron chi connectivity index (χ1n) is 6.80. The third kappa shape index (κ3) is 3.78. The first-order chi connectivity index (χ1) is 9.06. The molecule has 4 nitrogen and oxygen atoms in total. The summed E-state index contributed by atoms with van der Waals surface area (Å²) in [4.78, 5) is 14.2. The van der Waals surface area contributed by atoms with Gasteiger partial charge < -0.3 is 15.4 Å². The maximum absolute atomic E-state index is 12.3. The third-order valence-electron chi connectivity index (χ3n) is 3.35. The van der Waals surface area contributed by atoms with Crippen molar-refractivity contribution in [3.05, 3.63) is 35.9 Å². The van der Waals surface area contributed by atoms with Crippen molar-refractivity contribution >= 4 is 5.91 Å². The first-order valence-corrected chi connectivity index (χ1v) is 6.80. The molecule has 0 aromatic heterocycles. The lowest BCUT2D eigenvalue weighted by molar-refractivity contribution is -0.144. The summed E-state index contributed by atoms with van der Waals surface area (Å²) in [5, 5.41) is 0. The number of nitrogens with zero attached hydrogens (tertiary/aromatic N) is 1. The molecule has 0 aliphatic carbocycles. The molecule has 2 rings (SSSR count). The molecule has 0 bridgehead atoms. The van der Waals surface area contributed by atoms with Gasteiger partial charge in [-0.15, -0.1) is 0 Å². The van der Waals surface area contributed by atoms with Crippen molar-refractivity contribution in [3.8, 4) is 0 Å². The highest BCUT2D eigenvalue weighted by Gasteiger charge is 2.28. The minimum atomic E-state index is -0.472. The van der Waals surface area contributed by atoms with E-state index in [2.05, 4.69) is 0 Å². The average molecular weight is 262 g/mol. The minimum Gasteiger partial charge on any atom is -0.372 e.